The molecule has 0 saturated heterocycles. The molecule has 0 amide bonds. The van der Waals surface area contributed by atoms with Crippen LogP contribution in [-0.2, 0) is 21.3 Å². The van der Waals surface area contributed by atoms with E-state index in [0.29, 0.717) is 45.8 Å². The third-order valence-corrected chi connectivity index (χ3v) is 5.96. The normalized spacial score (nSPS) is 11.5. The summed E-state index contributed by atoms with van der Waals surface area (Å²) < 4.78 is 51.6. The van der Waals surface area contributed by atoms with E-state index in [1.54, 1.807) is 56.4 Å². The first-order chi connectivity index (χ1) is 16.7. The van der Waals surface area contributed by atoms with Gasteiger partial charge in [-0.25, -0.2) is 17.6 Å². The largest absolute Gasteiger partial charge is 0.462 e. The number of rotatable bonds is 8. The minimum absolute atomic E-state index is 0.241. The number of fused-ring (bicyclic) bond motifs is 1. The van der Waals surface area contributed by atoms with Gasteiger partial charge in [-0.2, -0.15) is 0 Å². The molecule has 0 bridgehead atoms. The molecule has 4 aromatic rings. The molecule has 182 valence electrons. The molecule has 1 aromatic heterocycles. The van der Waals surface area contributed by atoms with Gasteiger partial charge in [0.1, 0.15) is 17.2 Å². The molecule has 2 N–H and O–H groups in total. The van der Waals surface area contributed by atoms with Crippen LogP contribution in [0.25, 0.3) is 33.4 Å². The van der Waals surface area contributed by atoms with Crippen LogP contribution in [0.1, 0.15) is 22.8 Å². The lowest BCUT2D eigenvalue weighted by Crippen LogP contribution is -2.11. The van der Waals surface area contributed by atoms with E-state index in [2.05, 4.69) is 10.0 Å². The monoisotopic (exact) mass is 496 g/mol. The first-order valence-corrected chi connectivity index (χ1v) is 12.8. The third kappa shape index (κ3) is 5.36. The second kappa shape index (κ2) is 9.89. The maximum absolute atomic E-state index is 13.5. The summed E-state index contributed by atoms with van der Waals surface area (Å²) in [6.45, 7) is 2.43. The summed E-state index contributed by atoms with van der Waals surface area (Å²) in [6, 6.07) is 16.2. The standard InChI is InChI=1S/C26H25FN2O5S/c1-4-33-26(30)18-7-5-6-17(12-18)20-13-21-22(15-28-2)25(16-8-10-19(27)11-9-16)34-24(21)14-23(20)29-35(3,31)32/h5-14,28-29H,4,15H2,1-3H3. The van der Waals surface area contributed by atoms with Crippen LogP contribution < -0.4 is 10.0 Å². The summed E-state index contributed by atoms with van der Waals surface area (Å²) >= 11 is 0. The van der Waals surface area contributed by atoms with E-state index in [1.807, 2.05) is 6.07 Å². The zero-order chi connectivity index (χ0) is 25.2. The molecular formula is C26H25FN2O5S. The van der Waals surface area contributed by atoms with E-state index < -0.39 is 16.0 Å². The van der Waals surface area contributed by atoms with Gasteiger partial charge in [-0.15, -0.1) is 0 Å². The van der Waals surface area contributed by atoms with Gasteiger partial charge in [0.25, 0.3) is 0 Å². The van der Waals surface area contributed by atoms with Gasteiger partial charge in [0.15, 0.2) is 0 Å². The van der Waals surface area contributed by atoms with E-state index in [1.165, 1.54) is 12.1 Å². The Bertz CT molecular complexity index is 1490. The van der Waals surface area contributed by atoms with Crippen molar-refractivity contribution in [1.82, 2.24) is 5.32 Å². The van der Waals surface area contributed by atoms with Gasteiger partial charge in [0.05, 0.1) is 24.1 Å². The lowest BCUT2D eigenvalue weighted by Gasteiger charge is -2.13. The van der Waals surface area contributed by atoms with Gasteiger partial charge in [-0.05, 0) is 62.0 Å². The van der Waals surface area contributed by atoms with Crippen LogP contribution in [0.2, 0.25) is 0 Å². The highest BCUT2D eigenvalue weighted by molar-refractivity contribution is 7.92. The SMILES string of the molecule is CCOC(=O)c1cccc(-c2cc3c(CNC)c(-c4ccc(F)cc4)oc3cc2NS(C)(=O)=O)c1. The molecule has 0 atom stereocenters. The lowest BCUT2D eigenvalue weighted by molar-refractivity contribution is 0.0526. The number of carbonyl (C=O) groups excluding carboxylic acids is 1. The van der Waals surface area contributed by atoms with E-state index in [0.717, 1.165) is 17.2 Å². The fourth-order valence-corrected chi connectivity index (χ4v) is 4.50. The molecule has 3 aromatic carbocycles. The van der Waals surface area contributed by atoms with Crippen molar-refractivity contribution in [1.29, 1.82) is 0 Å². The Kier molecular flexibility index (Phi) is 6.90. The van der Waals surface area contributed by atoms with Crippen LogP contribution in [0, 0.1) is 5.82 Å². The van der Waals surface area contributed by atoms with Gasteiger partial charge < -0.3 is 14.5 Å². The van der Waals surface area contributed by atoms with Crippen molar-refractivity contribution in [3.05, 3.63) is 77.6 Å². The van der Waals surface area contributed by atoms with Crippen molar-refractivity contribution in [2.45, 2.75) is 13.5 Å². The van der Waals surface area contributed by atoms with Crippen LogP contribution >= 0.6 is 0 Å². The number of halogens is 1. The van der Waals surface area contributed by atoms with Gasteiger partial charge in [-0.1, -0.05) is 12.1 Å². The predicted molar refractivity (Wildman–Crippen MR) is 134 cm³/mol. The summed E-state index contributed by atoms with van der Waals surface area (Å²) in [5.41, 5.74) is 3.84. The Morgan fingerprint density at radius 2 is 1.80 bits per heavy atom. The number of carbonyl (C=O) groups is 1. The average molecular weight is 497 g/mol. The summed E-state index contributed by atoms with van der Waals surface area (Å²) in [5, 5.41) is 3.89. The molecule has 9 heteroatoms. The minimum Gasteiger partial charge on any atom is -0.462 e. The molecule has 0 saturated carbocycles. The number of nitrogens with one attached hydrogen (secondary N) is 2. The minimum atomic E-state index is -3.62. The molecule has 0 aliphatic carbocycles. The molecule has 0 unspecified atom stereocenters. The quantitative estimate of drug-likeness (QED) is 0.327. The molecular weight excluding hydrogens is 471 g/mol. The van der Waals surface area contributed by atoms with E-state index in [4.69, 9.17) is 9.15 Å². The summed E-state index contributed by atoms with van der Waals surface area (Å²) in [4.78, 5) is 12.3. The van der Waals surface area contributed by atoms with E-state index >= 15 is 0 Å². The Balaban J connectivity index is 1.96. The molecule has 0 aliphatic heterocycles. The topological polar surface area (TPSA) is 97.6 Å². The zero-order valence-electron chi connectivity index (χ0n) is 19.5. The second-order valence-electron chi connectivity index (χ2n) is 8.02. The number of sulfonamides is 1. The summed E-state index contributed by atoms with van der Waals surface area (Å²) in [7, 11) is -1.82. The molecule has 1 heterocycles. The van der Waals surface area contributed by atoms with Crippen LogP contribution in [0.5, 0.6) is 0 Å². The van der Waals surface area contributed by atoms with Crippen molar-refractivity contribution in [2.75, 3.05) is 24.6 Å². The van der Waals surface area contributed by atoms with Gasteiger partial charge >= 0.3 is 5.97 Å². The smallest absolute Gasteiger partial charge is 0.338 e. The highest BCUT2D eigenvalue weighted by atomic mass is 32.2. The van der Waals surface area contributed by atoms with Crippen molar-refractivity contribution in [2.24, 2.45) is 0 Å². The summed E-state index contributed by atoms with van der Waals surface area (Å²) in [6.07, 6.45) is 1.06. The van der Waals surface area contributed by atoms with Crippen molar-refractivity contribution in [3.8, 4) is 22.5 Å². The second-order valence-corrected chi connectivity index (χ2v) is 9.76. The number of furan rings is 1. The maximum atomic E-state index is 13.5. The van der Waals surface area contributed by atoms with Crippen molar-refractivity contribution in [3.63, 3.8) is 0 Å². The Hall–Kier alpha value is -3.69. The Morgan fingerprint density at radius 3 is 2.46 bits per heavy atom. The number of esters is 1. The molecule has 0 radical (unpaired) electrons. The fraction of sp³-hybridized carbons (Fsp3) is 0.192. The van der Waals surface area contributed by atoms with Crippen LogP contribution in [0.4, 0.5) is 10.1 Å². The summed E-state index contributed by atoms with van der Waals surface area (Å²) in [5.74, 6) is -0.272. The third-order valence-electron chi connectivity index (χ3n) is 5.37. The van der Waals surface area contributed by atoms with Gasteiger partial charge in [-0.3, -0.25) is 4.72 Å². The number of hydrogen-bond donors (Lipinski definition) is 2. The molecule has 7 nitrogen and oxygen atoms in total. The van der Waals surface area contributed by atoms with Gasteiger partial charge in [0, 0.05) is 34.7 Å². The first-order valence-electron chi connectivity index (χ1n) is 11.0. The van der Waals surface area contributed by atoms with Crippen LogP contribution in [0.3, 0.4) is 0 Å². The molecule has 4 rings (SSSR count). The highest BCUT2D eigenvalue weighted by Gasteiger charge is 2.20. The number of benzene rings is 3. The van der Waals surface area contributed by atoms with Crippen LogP contribution in [0.15, 0.2) is 65.1 Å². The average Bonchev–Trinajstić information content (AvgIpc) is 3.15. The molecule has 0 fully saturated rings. The van der Waals surface area contributed by atoms with E-state index in [9.17, 15) is 17.6 Å². The Morgan fingerprint density at radius 1 is 1.06 bits per heavy atom. The highest BCUT2D eigenvalue weighted by Crippen LogP contribution is 2.40. The molecule has 0 spiro atoms. The number of ether oxygens (including phenoxy) is 1. The van der Waals surface area contributed by atoms with Crippen molar-refractivity contribution < 1.29 is 26.8 Å². The molecule has 0 aliphatic rings. The fourth-order valence-electron chi connectivity index (χ4n) is 3.93. The number of hydrogen-bond acceptors (Lipinski definition) is 6. The van der Waals surface area contributed by atoms with Gasteiger partial charge in [0.2, 0.25) is 10.0 Å². The van der Waals surface area contributed by atoms with Crippen LogP contribution in [-0.4, -0.2) is 34.3 Å². The molecule has 35 heavy (non-hydrogen) atoms. The Labute approximate surface area is 203 Å². The number of anilines is 1. The zero-order valence-corrected chi connectivity index (χ0v) is 20.3. The lowest BCUT2D eigenvalue weighted by atomic mass is 9.98. The van der Waals surface area contributed by atoms with E-state index in [-0.39, 0.29) is 12.4 Å². The predicted octanol–water partition coefficient (Wildman–Crippen LogP) is 5.17. The first kappa shape index (κ1) is 24.4. The maximum Gasteiger partial charge on any atom is 0.338 e. The van der Waals surface area contributed by atoms with Crippen molar-refractivity contribution >= 4 is 32.6 Å².